The number of hydrogen-bond acceptors (Lipinski definition) is 6. The number of carbonyl (C=O) groups excluding carboxylic acids is 1. The fourth-order valence-electron chi connectivity index (χ4n) is 1.65. The first kappa shape index (κ1) is 15.1. The topological polar surface area (TPSA) is 90.5 Å². The number of rotatable bonds is 7. The van der Waals surface area contributed by atoms with Crippen molar-refractivity contribution in [2.75, 3.05) is 27.2 Å². The van der Waals surface area contributed by atoms with E-state index in [2.05, 4.69) is 9.72 Å². The zero-order valence-corrected chi connectivity index (χ0v) is 11.3. The molecule has 0 aliphatic heterocycles. The highest BCUT2D eigenvalue weighted by Gasteiger charge is 2.17. The van der Waals surface area contributed by atoms with E-state index >= 15 is 0 Å². The minimum absolute atomic E-state index is 0.0149. The quantitative estimate of drug-likeness (QED) is 0.409. The van der Waals surface area contributed by atoms with Crippen LogP contribution in [0.4, 0.5) is 5.82 Å². The number of nitrogens with zero attached hydrogens (tertiary/aromatic N) is 4. The van der Waals surface area contributed by atoms with Gasteiger partial charge in [-0.05, 0) is 12.0 Å². The van der Waals surface area contributed by atoms with Crippen molar-refractivity contribution in [3.63, 3.8) is 0 Å². The average Bonchev–Trinajstić information content (AvgIpc) is 2.74. The molecule has 1 rings (SSSR count). The van der Waals surface area contributed by atoms with Gasteiger partial charge in [-0.15, -0.1) is 0 Å². The summed E-state index contributed by atoms with van der Waals surface area (Å²) < 4.78 is 6.10. The largest absolute Gasteiger partial charge is 0.469 e. The SMILES string of the molecule is COC(=O)CCN(C)CCn1c([N+](=O)[O-])cnc1C. The maximum Gasteiger partial charge on any atom is 0.342 e. The molecule has 0 fully saturated rings. The van der Waals surface area contributed by atoms with Gasteiger partial charge in [0.25, 0.3) is 0 Å². The molecule has 0 amide bonds. The third-order valence-electron chi connectivity index (χ3n) is 2.85. The summed E-state index contributed by atoms with van der Waals surface area (Å²) in [6, 6.07) is 0. The van der Waals surface area contributed by atoms with Crippen molar-refractivity contribution in [2.45, 2.75) is 19.9 Å². The van der Waals surface area contributed by atoms with E-state index in [-0.39, 0.29) is 11.8 Å². The molecule has 1 aromatic rings. The Labute approximate surface area is 111 Å². The van der Waals surface area contributed by atoms with Crippen LogP contribution in [-0.4, -0.2) is 52.6 Å². The van der Waals surface area contributed by atoms with E-state index in [0.717, 1.165) is 0 Å². The highest BCUT2D eigenvalue weighted by Crippen LogP contribution is 2.13. The van der Waals surface area contributed by atoms with Crippen LogP contribution >= 0.6 is 0 Å². The second-order valence-corrected chi connectivity index (χ2v) is 4.20. The first-order chi connectivity index (χ1) is 8.95. The molecule has 0 aliphatic carbocycles. The van der Waals surface area contributed by atoms with Gasteiger partial charge < -0.3 is 19.8 Å². The normalized spacial score (nSPS) is 10.7. The first-order valence-corrected chi connectivity index (χ1v) is 5.87. The van der Waals surface area contributed by atoms with Crippen LogP contribution < -0.4 is 0 Å². The Morgan fingerprint density at radius 3 is 2.84 bits per heavy atom. The maximum absolute atomic E-state index is 11.0. The molecule has 0 saturated heterocycles. The second-order valence-electron chi connectivity index (χ2n) is 4.20. The van der Waals surface area contributed by atoms with E-state index in [1.165, 1.54) is 13.3 Å². The van der Waals surface area contributed by atoms with Crippen molar-refractivity contribution >= 4 is 11.8 Å². The maximum atomic E-state index is 11.0. The van der Waals surface area contributed by atoms with Crippen LogP contribution in [0.15, 0.2) is 6.20 Å². The lowest BCUT2D eigenvalue weighted by atomic mass is 10.4. The molecule has 0 unspecified atom stereocenters. The van der Waals surface area contributed by atoms with Gasteiger partial charge in [0.05, 0.1) is 13.5 Å². The Hall–Kier alpha value is -1.96. The molecule has 0 aromatic carbocycles. The van der Waals surface area contributed by atoms with Gasteiger partial charge in [-0.25, -0.2) is 9.55 Å². The summed E-state index contributed by atoms with van der Waals surface area (Å²) in [5.41, 5.74) is 0. The molecule has 0 aliphatic rings. The van der Waals surface area contributed by atoms with Gasteiger partial charge in [0, 0.05) is 20.0 Å². The van der Waals surface area contributed by atoms with Gasteiger partial charge in [0.1, 0.15) is 12.7 Å². The van der Waals surface area contributed by atoms with Gasteiger partial charge in [-0.1, -0.05) is 0 Å². The number of aromatic nitrogens is 2. The Morgan fingerprint density at radius 2 is 2.26 bits per heavy atom. The van der Waals surface area contributed by atoms with Crippen molar-refractivity contribution in [1.29, 1.82) is 0 Å². The number of esters is 1. The number of nitro groups is 1. The number of hydrogen-bond donors (Lipinski definition) is 0. The minimum atomic E-state index is -0.450. The first-order valence-electron chi connectivity index (χ1n) is 5.87. The highest BCUT2D eigenvalue weighted by atomic mass is 16.6. The van der Waals surface area contributed by atoms with Gasteiger partial charge in [-0.3, -0.25) is 4.79 Å². The smallest absolute Gasteiger partial charge is 0.342 e. The van der Waals surface area contributed by atoms with E-state index in [1.54, 1.807) is 11.5 Å². The Bertz CT molecular complexity index is 458. The van der Waals surface area contributed by atoms with Crippen molar-refractivity contribution in [2.24, 2.45) is 0 Å². The van der Waals surface area contributed by atoms with E-state index in [0.29, 0.717) is 31.9 Å². The monoisotopic (exact) mass is 270 g/mol. The fraction of sp³-hybridized carbons (Fsp3) is 0.636. The summed E-state index contributed by atoms with van der Waals surface area (Å²) >= 11 is 0. The van der Waals surface area contributed by atoms with Gasteiger partial charge in [0.15, 0.2) is 5.82 Å². The van der Waals surface area contributed by atoms with Gasteiger partial charge >= 0.3 is 11.8 Å². The number of imidazole rings is 1. The van der Waals surface area contributed by atoms with E-state index in [9.17, 15) is 14.9 Å². The second kappa shape index (κ2) is 6.83. The number of methoxy groups -OCH3 is 1. The predicted octanol–water partition coefficient (Wildman–Crippen LogP) is 0.595. The zero-order valence-electron chi connectivity index (χ0n) is 11.3. The molecule has 0 saturated carbocycles. The Balaban J connectivity index is 2.50. The van der Waals surface area contributed by atoms with Crippen LogP contribution in [0, 0.1) is 17.0 Å². The minimum Gasteiger partial charge on any atom is -0.469 e. The Kier molecular flexibility index (Phi) is 5.43. The van der Waals surface area contributed by atoms with E-state index < -0.39 is 4.92 Å². The molecule has 0 atom stereocenters. The van der Waals surface area contributed by atoms with Gasteiger partial charge in [0.2, 0.25) is 0 Å². The van der Waals surface area contributed by atoms with E-state index in [4.69, 9.17) is 0 Å². The summed E-state index contributed by atoms with van der Waals surface area (Å²) in [4.78, 5) is 27.2. The molecule has 106 valence electrons. The van der Waals surface area contributed by atoms with Crippen molar-refractivity contribution in [3.05, 3.63) is 22.1 Å². The van der Waals surface area contributed by atoms with Crippen LogP contribution in [0.1, 0.15) is 12.2 Å². The highest BCUT2D eigenvalue weighted by molar-refractivity contribution is 5.69. The standard InChI is InChI=1S/C11H18N4O4/c1-9-12-8-10(15(17)18)14(9)7-6-13(2)5-4-11(16)19-3/h8H,4-7H2,1-3H3. The molecule has 0 bridgehead atoms. The van der Waals surface area contributed by atoms with Crippen LogP contribution in [-0.2, 0) is 16.1 Å². The summed E-state index contributed by atoms with van der Waals surface area (Å²) in [5.74, 6) is 0.323. The molecule has 0 radical (unpaired) electrons. The predicted molar refractivity (Wildman–Crippen MR) is 67.7 cm³/mol. The number of ether oxygens (including phenoxy) is 1. The van der Waals surface area contributed by atoms with Crippen molar-refractivity contribution in [3.8, 4) is 0 Å². The molecule has 0 spiro atoms. The van der Waals surface area contributed by atoms with Crippen molar-refractivity contribution in [1.82, 2.24) is 14.5 Å². The summed E-state index contributed by atoms with van der Waals surface area (Å²) in [5, 5.41) is 10.8. The molecule has 8 nitrogen and oxygen atoms in total. The average molecular weight is 270 g/mol. The zero-order chi connectivity index (χ0) is 14.4. The fourth-order valence-corrected chi connectivity index (χ4v) is 1.65. The number of aryl methyl sites for hydroxylation is 1. The summed E-state index contributed by atoms with van der Waals surface area (Å²) in [6.45, 7) is 3.32. The molecular weight excluding hydrogens is 252 g/mol. The lowest BCUT2D eigenvalue weighted by Crippen LogP contribution is -2.26. The van der Waals surface area contributed by atoms with Crippen LogP contribution in [0.2, 0.25) is 0 Å². The third-order valence-corrected chi connectivity index (χ3v) is 2.85. The lowest BCUT2D eigenvalue weighted by molar-refractivity contribution is -0.392. The molecule has 1 heterocycles. The lowest BCUT2D eigenvalue weighted by Gasteiger charge is -2.15. The molecule has 0 N–H and O–H groups in total. The van der Waals surface area contributed by atoms with Crippen LogP contribution in [0.25, 0.3) is 0 Å². The molecule has 1 aromatic heterocycles. The number of likely N-dealkylation sites (N-methyl/N-ethyl adjacent to an activating group) is 1. The summed E-state index contributed by atoms with van der Waals surface area (Å²) in [6.07, 6.45) is 1.56. The summed E-state index contributed by atoms with van der Waals surface area (Å²) in [7, 11) is 3.20. The van der Waals surface area contributed by atoms with Gasteiger partial charge in [-0.2, -0.15) is 0 Å². The molecule has 19 heavy (non-hydrogen) atoms. The van der Waals surface area contributed by atoms with E-state index in [1.807, 2.05) is 11.9 Å². The number of carbonyl (C=O) groups is 1. The van der Waals surface area contributed by atoms with Crippen LogP contribution in [0.3, 0.4) is 0 Å². The van der Waals surface area contributed by atoms with Crippen molar-refractivity contribution < 1.29 is 14.5 Å². The Morgan fingerprint density at radius 1 is 1.58 bits per heavy atom. The third kappa shape index (κ3) is 4.32. The molecular formula is C11H18N4O4. The molecule has 8 heteroatoms. The van der Waals surface area contributed by atoms with Crippen LogP contribution in [0.5, 0.6) is 0 Å².